The second-order valence-corrected chi connectivity index (χ2v) is 8.85. The molecule has 2 aliphatic rings. The lowest BCUT2D eigenvalue weighted by Crippen LogP contribution is -2.49. The molecule has 3 heterocycles. The van der Waals surface area contributed by atoms with Crippen LogP contribution in [-0.2, 0) is 26.3 Å². The topological polar surface area (TPSA) is 136 Å². The predicted molar refractivity (Wildman–Crippen MR) is 136 cm³/mol. The summed E-state index contributed by atoms with van der Waals surface area (Å²) in [6.45, 7) is -0.421. The number of hydrogen-bond acceptors (Lipinski definition) is 8. The molecule has 1 spiro atoms. The Labute approximate surface area is 215 Å². The van der Waals surface area contributed by atoms with Crippen molar-refractivity contribution >= 4 is 28.5 Å². The van der Waals surface area contributed by atoms with Gasteiger partial charge in [-0.25, -0.2) is 4.79 Å². The van der Waals surface area contributed by atoms with Crippen molar-refractivity contribution in [2.75, 3.05) is 11.4 Å². The third-order valence-electron chi connectivity index (χ3n) is 6.78. The standard InChI is InChI=1S/C29H19N3O6/c30-14-20-26(31)38-25-18-10-4-7-13-22(18)37-27(34)24(25)29(20)19-11-5-6-12-21(19)32(28(29)35)15-23(33)36-16-17-8-2-1-3-9-17/h1-13H,15-16,31H2/t29-/m1/s1. The van der Waals surface area contributed by atoms with Gasteiger partial charge in [0.2, 0.25) is 11.8 Å². The Morgan fingerprint density at radius 2 is 1.71 bits per heavy atom. The highest BCUT2D eigenvalue weighted by atomic mass is 16.5. The van der Waals surface area contributed by atoms with Crippen LogP contribution in [0.1, 0.15) is 16.7 Å². The van der Waals surface area contributed by atoms with Crippen molar-refractivity contribution in [1.82, 2.24) is 0 Å². The van der Waals surface area contributed by atoms with Crippen molar-refractivity contribution in [2.24, 2.45) is 5.73 Å². The molecule has 6 rings (SSSR count). The molecule has 2 aliphatic heterocycles. The number of benzene rings is 3. The smallest absolute Gasteiger partial charge is 0.345 e. The number of rotatable bonds is 4. The van der Waals surface area contributed by atoms with Crippen molar-refractivity contribution in [3.05, 3.63) is 117 Å². The maximum atomic E-state index is 14.4. The highest BCUT2D eigenvalue weighted by Crippen LogP contribution is 2.55. The lowest BCUT2D eigenvalue weighted by molar-refractivity contribution is -0.144. The molecule has 9 nitrogen and oxygen atoms in total. The average Bonchev–Trinajstić information content (AvgIpc) is 3.16. The van der Waals surface area contributed by atoms with Gasteiger partial charge in [0, 0.05) is 11.3 Å². The van der Waals surface area contributed by atoms with Crippen LogP contribution in [0.25, 0.3) is 11.0 Å². The molecule has 0 aliphatic carbocycles. The number of ether oxygens (including phenoxy) is 2. The Kier molecular flexibility index (Phi) is 5.24. The van der Waals surface area contributed by atoms with Gasteiger partial charge in [-0.05, 0) is 23.8 Å². The minimum absolute atomic E-state index is 0.0248. The monoisotopic (exact) mass is 505 g/mol. The van der Waals surface area contributed by atoms with E-state index in [1.807, 2.05) is 36.4 Å². The number of hydrogen-bond donors (Lipinski definition) is 1. The molecule has 4 aromatic rings. The van der Waals surface area contributed by atoms with Gasteiger partial charge in [0.25, 0.3) is 0 Å². The molecule has 1 amide bonds. The third-order valence-corrected chi connectivity index (χ3v) is 6.78. The fourth-order valence-electron chi connectivity index (χ4n) is 5.17. The highest BCUT2D eigenvalue weighted by Gasteiger charge is 2.61. The summed E-state index contributed by atoms with van der Waals surface area (Å²) >= 11 is 0. The molecule has 2 N–H and O–H groups in total. The number of anilines is 1. The van der Waals surface area contributed by atoms with Crippen LogP contribution in [0.3, 0.4) is 0 Å². The van der Waals surface area contributed by atoms with Crippen LogP contribution in [0.5, 0.6) is 5.75 Å². The molecule has 1 atom stereocenters. The Bertz CT molecular complexity index is 1770. The normalized spacial score (nSPS) is 17.7. The summed E-state index contributed by atoms with van der Waals surface area (Å²) in [6, 6.07) is 24.4. The van der Waals surface area contributed by atoms with Crippen molar-refractivity contribution in [3.8, 4) is 11.8 Å². The lowest BCUT2D eigenvalue weighted by atomic mass is 9.69. The molecule has 3 aromatic carbocycles. The Hall–Kier alpha value is -5.36. The van der Waals surface area contributed by atoms with E-state index in [0.29, 0.717) is 16.6 Å². The van der Waals surface area contributed by atoms with E-state index < -0.39 is 29.5 Å². The van der Waals surface area contributed by atoms with Gasteiger partial charge in [0.15, 0.2) is 11.2 Å². The first-order valence-electron chi connectivity index (χ1n) is 11.7. The first-order chi connectivity index (χ1) is 18.5. The molecule has 1 aromatic heterocycles. The van der Waals surface area contributed by atoms with Crippen LogP contribution in [0, 0.1) is 11.3 Å². The van der Waals surface area contributed by atoms with Crippen molar-refractivity contribution in [2.45, 2.75) is 12.0 Å². The van der Waals surface area contributed by atoms with Gasteiger partial charge in [-0.3, -0.25) is 14.5 Å². The van der Waals surface area contributed by atoms with Crippen LogP contribution < -0.4 is 21.0 Å². The van der Waals surface area contributed by atoms with Crippen LogP contribution in [0.15, 0.2) is 99.5 Å². The van der Waals surface area contributed by atoms with Crippen molar-refractivity contribution < 1.29 is 23.5 Å². The summed E-state index contributed by atoms with van der Waals surface area (Å²) in [6.07, 6.45) is 0. The molecule has 0 saturated heterocycles. The van der Waals surface area contributed by atoms with E-state index in [-0.39, 0.29) is 35.0 Å². The zero-order chi connectivity index (χ0) is 26.4. The Morgan fingerprint density at radius 3 is 2.50 bits per heavy atom. The summed E-state index contributed by atoms with van der Waals surface area (Å²) < 4.78 is 16.8. The number of para-hydroxylation sites is 2. The molecule has 0 saturated carbocycles. The minimum Gasteiger partial charge on any atom is -0.459 e. The quantitative estimate of drug-likeness (QED) is 0.330. The Balaban J connectivity index is 1.51. The fourth-order valence-corrected chi connectivity index (χ4v) is 5.17. The van der Waals surface area contributed by atoms with E-state index >= 15 is 0 Å². The third kappa shape index (κ3) is 3.21. The summed E-state index contributed by atoms with van der Waals surface area (Å²) in [5.74, 6) is -1.65. The number of nitrogens with two attached hydrogens (primary N) is 1. The number of nitrogens with zero attached hydrogens (tertiary/aromatic N) is 2. The first kappa shape index (κ1) is 23.1. The van der Waals surface area contributed by atoms with Gasteiger partial charge in [-0.2, -0.15) is 5.26 Å². The van der Waals surface area contributed by atoms with E-state index in [4.69, 9.17) is 19.6 Å². The van der Waals surface area contributed by atoms with Gasteiger partial charge >= 0.3 is 11.6 Å². The number of carbonyl (C=O) groups is 2. The molecule has 0 fully saturated rings. The number of fused-ring (bicyclic) bond motifs is 6. The van der Waals surface area contributed by atoms with Crippen LogP contribution in [0.2, 0.25) is 0 Å². The molecule has 0 unspecified atom stereocenters. The molecular weight excluding hydrogens is 486 g/mol. The zero-order valence-electron chi connectivity index (χ0n) is 19.8. The van der Waals surface area contributed by atoms with Crippen molar-refractivity contribution in [1.29, 1.82) is 5.26 Å². The highest BCUT2D eigenvalue weighted by molar-refractivity contribution is 6.16. The molecular formula is C29H19N3O6. The maximum absolute atomic E-state index is 14.4. The number of carbonyl (C=O) groups excluding carboxylic acids is 2. The summed E-state index contributed by atoms with van der Waals surface area (Å²) in [4.78, 5) is 41.9. The number of esters is 1. The van der Waals surface area contributed by atoms with Crippen LogP contribution in [0.4, 0.5) is 5.69 Å². The maximum Gasteiger partial charge on any atom is 0.345 e. The van der Waals surface area contributed by atoms with Gasteiger partial charge in [-0.1, -0.05) is 60.7 Å². The van der Waals surface area contributed by atoms with Gasteiger partial charge in [-0.15, -0.1) is 0 Å². The molecule has 38 heavy (non-hydrogen) atoms. The molecule has 0 bridgehead atoms. The van der Waals surface area contributed by atoms with E-state index in [2.05, 4.69) is 0 Å². The number of amides is 1. The predicted octanol–water partition coefficient (Wildman–Crippen LogP) is 3.26. The Morgan fingerprint density at radius 1 is 1.00 bits per heavy atom. The van der Waals surface area contributed by atoms with Gasteiger partial charge in [0.05, 0.1) is 5.39 Å². The van der Waals surface area contributed by atoms with E-state index in [1.165, 1.54) is 4.90 Å². The fraction of sp³-hybridized carbons (Fsp3) is 0.103. The summed E-state index contributed by atoms with van der Waals surface area (Å²) in [5, 5.41) is 10.6. The van der Waals surface area contributed by atoms with E-state index in [0.717, 1.165) is 5.56 Å². The van der Waals surface area contributed by atoms with E-state index in [1.54, 1.807) is 48.5 Å². The second kappa shape index (κ2) is 8.64. The zero-order valence-corrected chi connectivity index (χ0v) is 19.8. The van der Waals surface area contributed by atoms with Gasteiger partial charge in [0.1, 0.15) is 35.9 Å². The van der Waals surface area contributed by atoms with E-state index in [9.17, 15) is 19.6 Å². The summed E-state index contributed by atoms with van der Waals surface area (Å²) in [7, 11) is 0. The van der Waals surface area contributed by atoms with Crippen LogP contribution in [-0.4, -0.2) is 18.4 Å². The average molecular weight is 505 g/mol. The summed E-state index contributed by atoms with van der Waals surface area (Å²) in [5.41, 5.74) is 4.65. The second-order valence-electron chi connectivity index (χ2n) is 8.85. The van der Waals surface area contributed by atoms with Gasteiger partial charge < -0.3 is 19.6 Å². The largest absolute Gasteiger partial charge is 0.459 e. The number of nitriles is 1. The minimum atomic E-state index is -1.96. The molecule has 0 radical (unpaired) electrons. The van der Waals surface area contributed by atoms with Crippen LogP contribution >= 0.6 is 0 Å². The molecule has 186 valence electrons. The van der Waals surface area contributed by atoms with Crippen molar-refractivity contribution in [3.63, 3.8) is 0 Å². The lowest BCUT2D eigenvalue weighted by Gasteiger charge is -2.33. The SMILES string of the molecule is N#CC1=C(N)Oc2c(c(=O)oc3ccccc23)[C@]12C(=O)N(CC(=O)OCc1ccccc1)c1ccccc12. The molecule has 9 heteroatoms. The first-order valence-corrected chi connectivity index (χ1v) is 11.7.